The molecule has 2 rings (SSSR count). The van der Waals surface area contributed by atoms with Gasteiger partial charge in [0, 0.05) is 5.69 Å². The van der Waals surface area contributed by atoms with E-state index < -0.39 is 5.82 Å². The van der Waals surface area contributed by atoms with Gasteiger partial charge in [-0.1, -0.05) is 24.3 Å². The van der Waals surface area contributed by atoms with E-state index in [1.54, 1.807) is 42.5 Å². The highest BCUT2D eigenvalue weighted by atomic mass is 19.1. The Morgan fingerprint density at radius 1 is 1.21 bits per heavy atom. The van der Waals surface area contributed by atoms with Gasteiger partial charge >= 0.3 is 0 Å². The topological polar surface area (TPSA) is 52.9 Å². The molecular weight excluding hydrogens is 243 g/mol. The van der Waals surface area contributed by atoms with Crippen LogP contribution in [0.1, 0.15) is 11.1 Å². The normalized spacial score (nSPS) is 9.68. The molecule has 94 valence electrons. The van der Waals surface area contributed by atoms with Gasteiger partial charge in [0.2, 0.25) is 5.91 Å². The van der Waals surface area contributed by atoms with Crippen molar-refractivity contribution in [1.29, 1.82) is 5.26 Å². The molecule has 0 saturated carbocycles. The lowest BCUT2D eigenvalue weighted by Gasteiger charge is -2.06. The van der Waals surface area contributed by atoms with Crippen molar-refractivity contribution in [3.05, 3.63) is 65.5 Å². The first-order valence-corrected chi connectivity index (χ1v) is 5.72. The van der Waals surface area contributed by atoms with Crippen LogP contribution in [0.5, 0.6) is 0 Å². The van der Waals surface area contributed by atoms with Crippen molar-refractivity contribution in [2.24, 2.45) is 0 Å². The van der Waals surface area contributed by atoms with E-state index in [1.807, 2.05) is 6.07 Å². The van der Waals surface area contributed by atoms with Crippen LogP contribution in [-0.4, -0.2) is 5.91 Å². The van der Waals surface area contributed by atoms with Crippen molar-refractivity contribution in [3.8, 4) is 6.07 Å². The molecule has 0 unspecified atom stereocenters. The quantitative estimate of drug-likeness (QED) is 0.915. The minimum absolute atomic E-state index is 0.0382. The number of nitrogens with one attached hydrogen (secondary N) is 1. The Labute approximate surface area is 110 Å². The average Bonchev–Trinajstić information content (AvgIpc) is 2.41. The van der Waals surface area contributed by atoms with E-state index in [4.69, 9.17) is 5.26 Å². The van der Waals surface area contributed by atoms with E-state index in [1.165, 1.54) is 6.07 Å². The van der Waals surface area contributed by atoms with Gasteiger partial charge in [0.15, 0.2) is 0 Å². The number of benzene rings is 2. The number of amides is 1. The fourth-order valence-electron chi connectivity index (χ4n) is 1.69. The van der Waals surface area contributed by atoms with E-state index in [-0.39, 0.29) is 12.3 Å². The van der Waals surface area contributed by atoms with Crippen molar-refractivity contribution >= 4 is 11.6 Å². The third-order valence-corrected chi connectivity index (χ3v) is 2.58. The van der Waals surface area contributed by atoms with Crippen LogP contribution in [0, 0.1) is 17.1 Å². The second-order valence-corrected chi connectivity index (χ2v) is 4.01. The second-order valence-electron chi connectivity index (χ2n) is 4.01. The summed E-state index contributed by atoms with van der Waals surface area (Å²) in [6, 6.07) is 14.7. The third-order valence-electron chi connectivity index (χ3n) is 2.58. The molecule has 0 aliphatic carbocycles. The second kappa shape index (κ2) is 5.78. The van der Waals surface area contributed by atoms with Crippen LogP contribution in [0.3, 0.4) is 0 Å². The highest BCUT2D eigenvalue weighted by molar-refractivity contribution is 5.92. The number of nitriles is 1. The fourth-order valence-corrected chi connectivity index (χ4v) is 1.69. The molecule has 2 aromatic rings. The first-order chi connectivity index (χ1) is 9.19. The van der Waals surface area contributed by atoms with Gasteiger partial charge in [0.25, 0.3) is 0 Å². The Hall–Kier alpha value is -2.67. The Kier molecular flexibility index (Phi) is 3.89. The Morgan fingerprint density at radius 3 is 2.74 bits per heavy atom. The number of hydrogen-bond acceptors (Lipinski definition) is 2. The molecule has 0 heterocycles. The summed E-state index contributed by atoms with van der Waals surface area (Å²) >= 11 is 0. The van der Waals surface area contributed by atoms with E-state index in [2.05, 4.69) is 5.32 Å². The molecule has 0 fully saturated rings. The molecule has 1 amide bonds. The summed E-state index contributed by atoms with van der Waals surface area (Å²) in [4.78, 5) is 11.8. The summed E-state index contributed by atoms with van der Waals surface area (Å²) in [7, 11) is 0. The van der Waals surface area contributed by atoms with Crippen molar-refractivity contribution in [1.82, 2.24) is 0 Å². The number of hydrogen-bond donors (Lipinski definition) is 1. The van der Waals surface area contributed by atoms with Gasteiger partial charge in [-0.3, -0.25) is 4.79 Å². The number of carbonyl (C=O) groups is 1. The van der Waals surface area contributed by atoms with Crippen LogP contribution in [-0.2, 0) is 11.2 Å². The zero-order valence-electron chi connectivity index (χ0n) is 10.1. The van der Waals surface area contributed by atoms with Crippen LogP contribution >= 0.6 is 0 Å². The molecule has 0 saturated heterocycles. The predicted molar refractivity (Wildman–Crippen MR) is 69.9 cm³/mol. The van der Waals surface area contributed by atoms with Gasteiger partial charge in [0.1, 0.15) is 5.82 Å². The van der Waals surface area contributed by atoms with E-state index in [9.17, 15) is 9.18 Å². The molecule has 3 nitrogen and oxygen atoms in total. The lowest BCUT2D eigenvalue weighted by molar-refractivity contribution is -0.115. The standard InChI is InChI=1S/C15H11FN2O/c16-14-7-2-1-5-12(14)9-15(19)18-13-6-3-4-11(8-13)10-17/h1-8H,9H2,(H,18,19). The minimum Gasteiger partial charge on any atom is -0.326 e. The summed E-state index contributed by atoms with van der Waals surface area (Å²) in [6.07, 6.45) is -0.0382. The van der Waals surface area contributed by atoms with Crippen LogP contribution in [0.4, 0.5) is 10.1 Å². The molecule has 0 aromatic heterocycles. The van der Waals surface area contributed by atoms with Crippen LogP contribution in [0.15, 0.2) is 48.5 Å². The van der Waals surface area contributed by atoms with Crippen molar-refractivity contribution in [2.45, 2.75) is 6.42 Å². The van der Waals surface area contributed by atoms with E-state index in [0.717, 1.165) is 0 Å². The summed E-state index contributed by atoms with van der Waals surface area (Å²) in [6.45, 7) is 0. The Morgan fingerprint density at radius 2 is 2.00 bits per heavy atom. The van der Waals surface area contributed by atoms with Crippen molar-refractivity contribution < 1.29 is 9.18 Å². The number of rotatable bonds is 3. The number of halogens is 1. The molecule has 0 spiro atoms. The lowest BCUT2D eigenvalue weighted by Crippen LogP contribution is -2.15. The van der Waals surface area contributed by atoms with Gasteiger partial charge in [0.05, 0.1) is 18.1 Å². The van der Waals surface area contributed by atoms with Crippen LogP contribution in [0.25, 0.3) is 0 Å². The maximum absolute atomic E-state index is 13.4. The van der Waals surface area contributed by atoms with Crippen LogP contribution in [0.2, 0.25) is 0 Å². The molecule has 1 N–H and O–H groups in total. The first-order valence-electron chi connectivity index (χ1n) is 5.72. The summed E-state index contributed by atoms with van der Waals surface area (Å²) in [5, 5.41) is 11.4. The number of anilines is 1. The van der Waals surface area contributed by atoms with Crippen molar-refractivity contribution in [3.63, 3.8) is 0 Å². The molecule has 0 aliphatic rings. The largest absolute Gasteiger partial charge is 0.326 e. The molecule has 19 heavy (non-hydrogen) atoms. The molecule has 0 atom stereocenters. The first kappa shape index (κ1) is 12.8. The average molecular weight is 254 g/mol. The molecule has 0 aliphatic heterocycles. The van der Waals surface area contributed by atoms with E-state index in [0.29, 0.717) is 16.8 Å². The fraction of sp³-hybridized carbons (Fsp3) is 0.0667. The Bertz CT molecular complexity index is 647. The number of carbonyl (C=O) groups excluding carboxylic acids is 1. The molecule has 2 aromatic carbocycles. The van der Waals surface area contributed by atoms with Crippen LogP contribution < -0.4 is 5.32 Å². The highest BCUT2D eigenvalue weighted by Crippen LogP contribution is 2.12. The molecule has 4 heteroatoms. The maximum Gasteiger partial charge on any atom is 0.228 e. The van der Waals surface area contributed by atoms with Gasteiger partial charge < -0.3 is 5.32 Å². The van der Waals surface area contributed by atoms with Gasteiger partial charge in [-0.15, -0.1) is 0 Å². The SMILES string of the molecule is N#Cc1cccc(NC(=O)Cc2ccccc2F)c1. The number of nitrogens with zero attached hydrogens (tertiary/aromatic N) is 1. The van der Waals surface area contributed by atoms with Gasteiger partial charge in [-0.2, -0.15) is 5.26 Å². The molecule has 0 bridgehead atoms. The third kappa shape index (κ3) is 3.39. The van der Waals surface area contributed by atoms with E-state index >= 15 is 0 Å². The van der Waals surface area contributed by atoms with Gasteiger partial charge in [-0.05, 0) is 29.8 Å². The zero-order valence-corrected chi connectivity index (χ0v) is 10.1. The van der Waals surface area contributed by atoms with Gasteiger partial charge in [-0.25, -0.2) is 4.39 Å². The monoisotopic (exact) mass is 254 g/mol. The maximum atomic E-state index is 13.4. The summed E-state index contributed by atoms with van der Waals surface area (Å²) in [5.41, 5.74) is 1.33. The smallest absolute Gasteiger partial charge is 0.228 e. The predicted octanol–water partition coefficient (Wildman–Crippen LogP) is 2.88. The molecule has 0 radical (unpaired) electrons. The summed E-state index contributed by atoms with van der Waals surface area (Å²) in [5.74, 6) is -0.719. The Balaban J connectivity index is 2.06. The highest BCUT2D eigenvalue weighted by Gasteiger charge is 2.08. The lowest BCUT2D eigenvalue weighted by atomic mass is 10.1. The summed E-state index contributed by atoms with van der Waals surface area (Å²) < 4.78 is 13.4. The van der Waals surface area contributed by atoms with Crippen molar-refractivity contribution in [2.75, 3.05) is 5.32 Å². The minimum atomic E-state index is -0.400. The molecular formula is C15H11FN2O. The zero-order chi connectivity index (χ0) is 13.7.